The molecule has 0 bridgehead atoms. The Labute approximate surface area is 277 Å². The van der Waals surface area contributed by atoms with Crippen molar-refractivity contribution in [2.45, 2.75) is 56.5 Å². The number of aromatic nitrogens is 2. The fourth-order valence-corrected chi connectivity index (χ4v) is 9.35. The Morgan fingerprint density at radius 1 is 0.979 bits per heavy atom. The first kappa shape index (κ1) is 35.3. The predicted octanol–water partition coefficient (Wildman–Crippen LogP) is 5.58. The summed E-state index contributed by atoms with van der Waals surface area (Å²) in [5.41, 5.74) is 1.32. The number of nitrogens with zero attached hydrogens (tertiary/aromatic N) is 4. The minimum absolute atomic E-state index is 0.111. The fourth-order valence-electron chi connectivity index (χ4n) is 5.97. The van der Waals surface area contributed by atoms with Crippen molar-refractivity contribution in [1.82, 2.24) is 24.5 Å². The highest BCUT2D eigenvalue weighted by atomic mass is 32.2. The highest BCUT2D eigenvalue weighted by molar-refractivity contribution is 7.89. The Kier molecular flexibility index (Phi) is 12.3. The van der Waals surface area contributed by atoms with E-state index in [0.717, 1.165) is 19.4 Å². The van der Waals surface area contributed by atoms with Crippen LogP contribution in [0.3, 0.4) is 0 Å². The van der Waals surface area contributed by atoms with Gasteiger partial charge in [-0.25, -0.2) is 17.8 Å². The van der Waals surface area contributed by atoms with Crippen molar-refractivity contribution in [3.63, 3.8) is 0 Å². The van der Waals surface area contributed by atoms with Gasteiger partial charge in [0.25, 0.3) is 0 Å². The first-order chi connectivity index (χ1) is 22.7. The van der Waals surface area contributed by atoms with E-state index in [1.807, 2.05) is 0 Å². The molecule has 1 atom stereocenters. The van der Waals surface area contributed by atoms with Gasteiger partial charge >= 0.3 is 7.60 Å². The molecular formula is C32H45FN7O5PS. The van der Waals surface area contributed by atoms with E-state index in [0.29, 0.717) is 81.5 Å². The lowest BCUT2D eigenvalue weighted by Gasteiger charge is -2.39. The second-order valence-corrected chi connectivity index (χ2v) is 15.7. The van der Waals surface area contributed by atoms with Gasteiger partial charge in [0.05, 0.1) is 24.3 Å². The van der Waals surface area contributed by atoms with Gasteiger partial charge in [-0.1, -0.05) is 0 Å². The maximum absolute atomic E-state index is 14.1. The van der Waals surface area contributed by atoms with Crippen LogP contribution in [0.5, 0.6) is 0 Å². The average Bonchev–Trinajstić information content (AvgIpc) is 3.58. The SMILES string of the molecule is CCOP(=O)(CCN1CCC(N(CC2CCCN2)S(=O)(=O)c2ccc(Nc3nccc(Nc4ccc(F)cc4)n3)cc2)CC1)OCC. The highest BCUT2D eigenvalue weighted by Gasteiger charge is 2.36. The van der Waals surface area contributed by atoms with E-state index in [2.05, 4.69) is 30.8 Å². The minimum Gasteiger partial charge on any atom is -0.340 e. The Morgan fingerprint density at radius 2 is 1.64 bits per heavy atom. The third kappa shape index (κ3) is 9.79. The molecule has 0 spiro atoms. The van der Waals surface area contributed by atoms with E-state index in [9.17, 15) is 17.4 Å². The van der Waals surface area contributed by atoms with E-state index in [1.54, 1.807) is 66.8 Å². The number of piperidine rings is 1. The number of hydrogen-bond acceptors (Lipinski definition) is 11. The summed E-state index contributed by atoms with van der Waals surface area (Å²) in [6.45, 7) is 7.54. The molecule has 2 aliphatic heterocycles. The maximum Gasteiger partial charge on any atom is 0.331 e. The molecule has 1 aromatic heterocycles. The summed E-state index contributed by atoms with van der Waals surface area (Å²) < 4.78 is 67.1. The second-order valence-electron chi connectivity index (χ2n) is 11.7. The Morgan fingerprint density at radius 3 is 2.28 bits per heavy atom. The summed E-state index contributed by atoms with van der Waals surface area (Å²) in [5, 5.41) is 9.70. The Balaban J connectivity index is 1.24. The zero-order valence-electron chi connectivity index (χ0n) is 27.0. The zero-order chi connectivity index (χ0) is 33.3. The van der Waals surface area contributed by atoms with Gasteiger partial charge in [-0.3, -0.25) is 4.57 Å². The lowest BCUT2D eigenvalue weighted by molar-refractivity contribution is 0.155. The number of hydrogen-bond donors (Lipinski definition) is 3. The molecule has 0 saturated carbocycles. The summed E-state index contributed by atoms with van der Waals surface area (Å²) in [7, 11) is -6.93. The van der Waals surface area contributed by atoms with Gasteiger partial charge in [-0.05, 0) is 114 Å². The molecule has 2 aliphatic rings. The number of sulfonamides is 1. The minimum atomic E-state index is -3.80. The normalized spacial score (nSPS) is 18.1. The van der Waals surface area contributed by atoms with Crippen molar-refractivity contribution in [2.75, 3.05) is 62.7 Å². The molecule has 2 fully saturated rings. The topological polar surface area (TPSA) is 138 Å². The third-order valence-electron chi connectivity index (χ3n) is 8.36. The lowest BCUT2D eigenvalue weighted by atomic mass is 10.0. The van der Waals surface area contributed by atoms with Crippen LogP contribution in [0.4, 0.5) is 27.5 Å². The van der Waals surface area contributed by atoms with Gasteiger partial charge < -0.3 is 29.9 Å². The first-order valence-electron chi connectivity index (χ1n) is 16.3. The number of benzene rings is 2. The van der Waals surface area contributed by atoms with Crippen molar-refractivity contribution >= 4 is 40.8 Å². The van der Waals surface area contributed by atoms with Crippen LogP contribution in [-0.2, 0) is 23.6 Å². The molecule has 12 nitrogen and oxygen atoms in total. The fraction of sp³-hybridized carbons (Fsp3) is 0.500. The number of nitrogens with one attached hydrogen (secondary N) is 3. The number of halogens is 1. The molecule has 1 unspecified atom stereocenters. The summed E-state index contributed by atoms with van der Waals surface area (Å²) in [6, 6.07) is 14.3. The van der Waals surface area contributed by atoms with Gasteiger partial charge in [0.1, 0.15) is 11.6 Å². The van der Waals surface area contributed by atoms with Crippen LogP contribution in [0.1, 0.15) is 39.5 Å². The van der Waals surface area contributed by atoms with Gasteiger partial charge in [-0.15, -0.1) is 0 Å². The van der Waals surface area contributed by atoms with Crippen LogP contribution < -0.4 is 16.0 Å². The van der Waals surface area contributed by atoms with Crippen LogP contribution in [0.2, 0.25) is 0 Å². The smallest absolute Gasteiger partial charge is 0.331 e. The summed E-state index contributed by atoms with van der Waals surface area (Å²) in [4.78, 5) is 11.2. The molecule has 0 radical (unpaired) electrons. The first-order valence-corrected chi connectivity index (χ1v) is 19.4. The maximum atomic E-state index is 14.1. The molecular weight excluding hydrogens is 644 g/mol. The predicted molar refractivity (Wildman–Crippen MR) is 182 cm³/mol. The standard InChI is InChI=1S/C32H45FN7O5PS/c1-3-44-46(41,45-4-2)23-22-39-20-16-29(17-21-39)40(24-28-6-5-18-34-28)47(42,43)30-13-11-27(12-14-30)37-32-35-19-15-31(38-32)36-26-9-7-25(33)8-10-26/h7-15,19,28-29,34H,3-6,16-18,20-24H2,1-2H3,(H2,35,36,37,38). The van der Waals surface area contributed by atoms with Crippen molar-refractivity contribution in [1.29, 1.82) is 0 Å². The van der Waals surface area contributed by atoms with Crippen molar-refractivity contribution in [2.24, 2.45) is 0 Å². The van der Waals surface area contributed by atoms with Crippen LogP contribution >= 0.6 is 7.60 Å². The summed E-state index contributed by atoms with van der Waals surface area (Å²) >= 11 is 0. The van der Waals surface area contributed by atoms with E-state index in [1.165, 1.54) is 12.1 Å². The number of likely N-dealkylation sites (tertiary alicyclic amines) is 1. The van der Waals surface area contributed by atoms with Crippen molar-refractivity contribution in [3.8, 4) is 0 Å². The van der Waals surface area contributed by atoms with Gasteiger partial charge in [0, 0.05) is 42.7 Å². The van der Waals surface area contributed by atoms with E-state index >= 15 is 0 Å². The largest absolute Gasteiger partial charge is 0.340 e. The second kappa shape index (κ2) is 16.4. The van der Waals surface area contributed by atoms with Crippen LogP contribution in [0.25, 0.3) is 0 Å². The molecule has 47 heavy (non-hydrogen) atoms. The van der Waals surface area contributed by atoms with Crippen LogP contribution in [0, 0.1) is 5.82 Å². The van der Waals surface area contributed by atoms with Gasteiger partial charge in [0.15, 0.2) is 0 Å². The summed E-state index contributed by atoms with van der Waals surface area (Å²) in [5.74, 6) is 0.524. The van der Waals surface area contributed by atoms with Crippen LogP contribution in [-0.4, -0.2) is 91.8 Å². The summed E-state index contributed by atoms with van der Waals surface area (Å²) in [6.07, 6.45) is 5.23. The monoisotopic (exact) mass is 689 g/mol. The third-order valence-corrected chi connectivity index (χ3v) is 12.3. The average molecular weight is 690 g/mol. The molecule has 0 aliphatic carbocycles. The molecule has 15 heteroatoms. The molecule has 256 valence electrons. The van der Waals surface area contributed by atoms with Gasteiger partial charge in [0.2, 0.25) is 16.0 Å². The van der Waals surface area contributed by atoms with Crippen molar-refractivity contribution in [3.05, 3.63) is 66.6 Å². The van der Waals surface area contributed by atoms with E-state index in [4.69, 9.17) is 9.05 Å². The molecule has 3 heterocycles. The van der Waals surface area contributed by atoms with E-state index < -0.39 is 17.6 Å². The molecule has 2 saturated heterocycles. The zero-order valence-corrected chi connectivity index (χ0v) is 28.7. The molecule has 5 rings (SSSR count). The molecule has 0 amide bonds. The number of rotatable bonds is 16. The quantitative estimate of drug-likeness (QED) is 0.163. The Bertz CT molecular complexity index is 1580. The molecule has 3 aromatic rings. The van der Waals surface area contributed by atoms with Gasteiger partial charge in [-0.2, -0.15) is 9.29 Å². The molecule has 2 aromatic carbocycles. The molecule has 3 N–H and O–H groups in total. The van der Waals surface area contributed by atoms with Crippen molar-refractivity contribution < 1.29 is 26.4 Å². The number of anilines is 4. The highest BCUT2D eigenvalue weighted by Crippen LogP contribution is 2.47. The Hall–Kier alpha value is -2.97. The lowest BCUT2D eigenvalue weighted by Crippen LogP contribution is -2.51. The van der Waals surface area contributed by atoms with E-state index in [-0.39, 0.29) is 22.8 Å². The van der Waals surface area contributed by atoms with Crippen LogP contribution in [0.15, 0.2) is 65.7 Å².